The summed E-state index contributed by atoms with van der Waals surface area (Å²) in [7, 11) is 1.63. The first-order chi connectivity index (χ1) is 17.7. The highest BCUT2D eigenvalue weighted by atomic mass is 16.5. The maximum atomic E-state index is 13.9. The van der Waals surface area contributed by atoms with Gasteiger partial charge in [0, 0.05) is 12.6 Å². The molecule has 4 aromatic rings. The molecule has 0 unspecified atom stereocenters. The van der Waals surface area contributed by atoms with Crippen molar-refractivity contribution in [2.75, 3.05) is 7.11 Å². The zero-order valence-corrected chi connectivity index (χ0v) is 20.8. The van der Waals surface area contributed by atoms with E-state index < -0.39 is 0 Å². The predicted molar refractivity (Wildman–Crippen MR) is 141 cm³/mol. The van der Waals surface area contributed by atoms with E-state index in [0.717, 1.165) is 35.3 Å². The number of fused-ring (bicyclic) bond motifs is 1. The Bertz CT molecular complexity index is 1300. The lowest BCUT2D eigenvalue weighted by Gasteiger charge is -2.35. The molecule has 0 aliphatic heterocycles. The third-order valence-corrected chi connectivity index (χ3v) is 6.98. The number of carbonyl (C=O) groups excluding carboxylic acids is 1. The Labute approximate surface area is 212 Å². The van der Waals surface area contributed by atoms with Crippen LogP contribution in [0.4, 0.5) is 0 Å². The number of aromatic nitrogens is 2. The molecule has 0 spiro atoms. The summed E-state index contributed by atoms with van der Waals surface area (Å²) in [5.74, 6) is 2.16. The summed E-state index contributed by atoms with van der Waals surface area (Å²) in [6.45, 7) is 1.10. The van der Waals surface area contributed by atoms with Crippen molar-refractivity contribution < 1.29 is 14.3 Å². The van der Waals surface area contributed by atoms with Crippen LogP contribution in [0.3, 0.4) is 0 Å². The molecule has 1 aromatic heterocycles. The number of methoxy groups -OCH3 is 1. The van der Waals surface area contributed by atoms with Gasteiger partial charge in [-0.1, -0.05) is 73.9 Å². The lowest BCUT2D eigenvalue weighted by Crippen LogP contribution is -2.42. The Balaban J connectivity index is 1.42. The van der Waals surface area contributed by atoms with Crippen molar-refractivity contribution in [2.45, 2.75) is 57.8 Å². The summed E-state index contributed by atoms with van der Waals surface area (Å²) >= 11 is 0. The number of nitrogens with zero attached hydrogens (tertiary/aromatic N) is 3. The van der Waals surface area contributed by atoms with E-state index in [0.29, 0.717) is 18.0 Å². The summed E-state index contributed by atoms with van der Waals surface area (Å²) < 4.78 is 13.5. The van der Waals surface area contributed by atoms with Crippen LogP contribution in [0.25, 0.3) is 11.0 Å². The van der Waals surface area contributed by atoms with E-state index in [1.165, 1.54) is 19.3 Å². The van der Waals surface area contributed by atoms with Crippen LogP contribution < -0.4 is 9.47 Å². The average Bonchev–Trinajstić information content (AvgIpc) is 3.28. The first kappa shape index (κ1) is 23.9. The third kappa shape index (κ3) is 5.38. The molecule has 6 heteroatoms. The molecule has 1 saturated carbocycles. The van der Waals surface area contributed by atoms with Gasteiger partial charge in [0.25, 0.3) is 0 Å². The van der Waals surface area contributed by atoms with E-state index in [-0.39, 0.29) is 25.1 Å². The van der Waals surface area contributed by atoms with Gasteiger partial charge in [-0.2, -0.15) is 0 Å². The Kier molecular flexibility index (Phi) is 7.50. The summed E-state index contributed by atoms with van der Waals surface area (Å²) in [6.07, 6.45) is 5.73. The number of amides is 1. The van der Waals surface area contributed by atoms with Gasteiger partial charge < -0.3 is 18.9 Å². The lowest BCUT2D eigenvalue weighted by atomic mass is 9.93. The zero-order valence-electron chi connectivity index (χ0n) is 20.8. The maximum Gasteiger partial charge on any atom is 0.243 e. The van der Waals surface area contributed by atoms with Crippen LogP contribution in [-0.4, -0.2) is 33.5 Å². The van der Waals surface area contributed by atoms with Crippen molar-refractivity contribution in [1.29, 1.82) is 0 Å². The molecule has 1 aliphatic rings. The van der Waals surface area contributed by atoms with E-state index in [9.17, 15) is 4.79 Å². The third-order valence-electron chi connectivity index (χ3n) is 6.98. The summed E-state index contributed by atoms with van der Waals surface area (Å²) in [6, 6.07) is 26.1. The summed E-state index contributed by atoms with van der Waals surface area (Å²) in [5, 5.41) is 0. The van der Waals surface area contributed by atoms with Crippen LogP contribution in [-0.2, 0) is 24.5 Å². The van der Waals surface area contributed by atoms with Gasteiger partial charge in [0.15, 0.2) is 11.5 Å². The molecule has 1 amide bonds. The van der Waals surface area contributed by atoms with Crippen molar-refractivity contribution in [3.63, 3.8) is 0 Å². The highest BCUT2D eigenvalue weighted by molar-refractivity contribution is 5.81. The second-order valence-corrected chi connectivity index (χ2v) is 9.34. The number of rotatable bonds is 9. The van der Waals surface area contributed by atoms with Crippen LogP contribution in [0.1, 0.15) is 43.5 Å². The predicted octanol–water partition coefficient (Wildman–Crippen LogP) is 5.99. The van der Waals surface area contributed by atoms with Gasteiger partial charge in [-0.3, -0.25) is 4.79 Å². The highest BCUT2D eigenvalue weighted by Gasteiger charge is 2.27. The first-order valence-corrected chi connectivity index (χ1v) is 12.8. The Morgan fingerprint density at radius 2 is 1.61 bits per heavy atom. The standard InChI is InChI=1S/C30H33N3O3/c1-35-27-18-10-11-19-28(27)36-22-29-31-25-16-8-9-17-26(25)33(29)21-30(34)32(24-14-6-3-7-15-24)20-23-12-4-2-5-13-23/h2,4-5,8-13,16-19,24H,3,6-7,14-15,20-22H2,1H3. The van der Waals surface area contributed by atoms with Crippen LogP contribution in [0, 0.1) is 0 Å². The summed E-state index contributed by atoms with van der Waals surface area (Å²) in [4.78, 5) is 20.8. The molecule has 1 aliphatic carbocycles. The minimum absolute atomic E-state index is 0.118. The van der Waals surface area contributed by atoms with Crippen molar-refractivity contribution in [1.82, 2.24) is 14.5 Å². The number of carbonyl (C=O) groups is 1. The molecule has 5 rings (SSSR count). The van der Waals surface area contributed by atoms with Crippen molar-refractivity contribution in [2.24, 2.45) is 0 Å². The molecule has 0 radical (unpaired) electrons. The Morgan fingerprint density at radius 3 is 2.39 bits per heavy atom. The average molecular weight is 484 g/mol. The molecular formula is C30H33N3O3. The van der Waals surface area contributed by atoms with Gasteiger partial charge in [0.05, 0.1) is 18.1 Å². The van der Waals surface area contributed by atoms with Gasteiger partial charge in [-0.15, -0.1) is 0 Å². The van der Waals surface area contributed by atoms with Gasteiger partial charge in [-0.05, 0) is 42.7 Å². The molecular weight excluding hydrogens is 450 g/mol. The molecule has 0 atom stereocenters. The first-order valence-electron chi connectivity index (χ1n) is 12.8. The second kappa shape index (κ2) is 11.3. The van der Waals surface area contributed by atoms with Crippen molar-refractivity contribution in [3.8, 4) is 11.5 Å². The maximum absolute atomic E-state index is 13.9. The van der Waals surface area contributed by atoms with Crippen LogP contribution in [0.5, 0.6) is 11.5 Å². The number of benzene rings is 3. The van der Waals surface area contributed by atoms with E-state index >= 15 is 0 Å². The zero-order chi connectivity index (χ0) is 24.7. The molecule has 0 bridgehead atoms. The molecule has 1 fully saturated rings. The Morgan fingerprint density at radius 1 is 0.917 bits per heavy atom. The number of hydrogen-bond acceptors (Lipinski definition) is 4. The van der Waals surface area contributed by atoms with Crippen molar-refractivity contribution in [3.05, 3.63) is 90.3 Å². The van der Waals surface area contributed by atoms with Crippen molar-refractivity contribution >= 4 is 16.9 Å². The SMILES string of the molecule is COc1ccccc1OCc1nc2ccccc2n1CC(=O)N(Cc1ccccc1)C1CCCCC1. The van der Waals surface area contributed by atoms with Gasteiger partial charge in [0.2, 0.25) is 5.91 Å². The minimum Gasteiger partial charge on any atom is -0.493 e. The molecule has 1 heterocycles. The number of hydrogen-bond donors (Lipinski definition) is 0. The van der Waals surface area contributed by atoms with Gasteiger partial charge in [-0.25, -0.2) is 4.98 Å². The van der Waals surface area contributed by atoms with E-state index in [2.05, 4.69) is 17.0 Å². The topological polar surface area (TPSA) is 56.6 Å². The highest BCUT2D eigenvalue weighted by Crippen LogP contribution is 2.28. The number of imidazole rings is 1. The fourth-order valence-corrected chi connectivity index (χ4v) is 5.11. The molecule has 186 valence electrons. The number of ether oxygens (including phenoxy) is 2. The monoisotopic (exact) mass is 483 g/mol. The second-order valence-electron chi connectivity index (χ2n) is 9.34. The molecule has 6 nitrogen and oxygen atoms in total. The van der Waals surface area contributed by atoms with Gasteiger partial charge >= 0.3 is 0 Å². The smallest absolute Gasteiger partial charge is 0.243 e. The van der Waals surface area contributed by atoms with E-state index in [1.54, 1.807) is 7.11 Å². The molecule has 36 heavy (non-hydrogen) atoms. The Hall–Kier alpha value is -3.80. The summed E-state index contributed by atoms with van der Waals surface area (Å²) in [5.41, 5.74) is 2.95. The number of para-hydroxylation sites is 4. The molecule has 0 N–H and O–H groups in total. The van der Waals surface area contributed by atoms with Crippen LogP contribution >= 0.6 is 0 Å². The molecule has 0 saturated heterocycles. The largest absolute Gasteiger partial charge is 0.493 e. The lowest BCUT2D eigenvalue weighted by molar-refractivity contribution is -0.135. The normalized spacial score (nSPS) is 14.0. The fraction of sp³-hybridized carbons (Fsp3) is 0.333. The van der Waals surface area contributed by atoms with E-state index in [4.69, 9.17) is 14.5 Å². The fourth-order valence-electron chi connectivity index (χ4n) is 5.11. The van der Waals surface area contributed by atoms with Crippen LogP contribution in [0.2, 0.25) is 0 Å². The molecule has 3 aromatic carbocycles. The van der Waals surface area contributed by atoms with E-state index in [1.807, 2.05) is 71.3 Å². The van der Waals surface area contributed by atoms with Gasteiger partial charge in [0.1, 0.15) is 19.0 Å². The quantitative estimate of drug-likeness (QED) is 0.294. The van der Waals surface area contributed by atoms with Crippen LogP contribution in [0.15, 0.2) is 78.9 Å². The minimum atomic E-state index is 0.118.